The third kappa shape index (κ3) is 2.28. The van der Waals surface area contributed by atoms with Crippen LogP contribution in [0.15, 0.2) is 59.7 Å². The Balaban J connectivity index is 2.02. The first-order valence-electron chi connectivity index (χ1n) is 6.35. The Morgan fingerprint density at radius 1 is 1.15 bits per heavy atom. The Morgan fingerprint density at radius 2 is 2.00 bits per heavy atom. The highest BCUT2D eigenvalue weighted by Crippen LogP contribution is 2.13. The Labute approximate surface area is 116 Å². The molecule has 4 heteroatoms. The monoisotopic (exact) mass is 266 g/mol. The molecule has 0 aliphatic heterocycles. The molecule has 0 atom stereocenters. The summed E-state index contributed by atoms with van der Waals surface area (Å²) in [7, 11) is 1.63. The van der Waals surface area contributed by atoms with E-state index in [0.29, 0.717) is 11.9 Å². The van der Waals surface area contributed by atoms with E-state index < -0.39 is 0 Å². The standard InChI is InChI=1S/C16H14N2O2/c1-20-13-6-4-5-12(9-13)10-18-11-17-15-8-3-2-7-14(15)16(18)19/h2-9,11H,10H2,1H3. The van der Waals surface area contributed by atoms with Crippen LogP contribution >= 0.6 is 0 Å². The molecule has 4 nitrogen and oxygen atoms in total. The van der Waals surface area contributed by atoms with E-state index >= 15 is 0 Å². The van der Waals surface area contributed by atoms with Crippen molar-refractivity contribution >= 4 is 10.9 Å². The third-order valence-corrected chi connectivity index (χ3v) is 3.22. The number of nitrogens with zero attached hydrogens (tertiary/aromatic N) is 2. The number of methoxy groups -OCH3 is 1. The number of aromatic nitrogens is 2. The van der Waals surface area contributed by atoms with Gasteiger partial charge in [0.1, 0.15) is 5.75 Å². The Hall–Kier alpha value is -2.62. The second-order valence-corrected chi connectivity index (χ2v) is 4.55. The van der Waals surface area contributed by atoms with Gasteiger partial charge in [-0.1, -0.05) is 24.3 Å². The molecule has 100 valence electrons. The highest BCUT2D eigenvalue weighted by molar-refractivity contribution is 5.76. The first-order chi connectivity index (χ1) is 9.78. The number of benzene rings is 2. The molecule has 0 amide bonds. The largest absolute Gasteiger partial charge is 0.497 e. The lowest BCUT2D eigenvalue weighted by Gasteiger charge is -2.08. The van der Waals surface area contributed by atoms with Crippen molar-refractivity contribution in [1.29, 1.82) is 0 Å². The van der Waals surface area contributed by atoms with Gasteiger partial charge in [0.25, 0.3) is 5.56 Å². The maximum atomic E-state index is 12.4. The molecular weight excluding hydrogens is 252 g/mol. The second-order valence-electron chi connectivity index (χ2n) is 4.55. The normalized spacial score (nSPS) is 10.7. The van der Waals surface area contributed by atoms with E-state index in [4.69, 9.17) is 4.74 Å². The Kier molecular flexibility index (Phi) is 3.21. The maximum Gasteiger partial charge on any atom is 0.261 e. The van der Waals surface area contributed by atoms with E-state index in [9.17, 15) is 4.79 Å². The van der Waals surface area contributed by atoms with Crippen molar-refractivity contribution in [2.75, 3.05) is 7.11 Å². The van der Waals surface area contributed by atoms with Gasteiger partial charge in [-0.3, -0.25) is 9.36 Å². The van der Waals surface area contributed by atoms with Crippen molar-refractivity contribution in [2.24, 2.45) is 0 Å². The van der Waals surface area contributed by atoms with Crippen molar-refractivity contribution in [1.82, 2.24) is 9.55 Å². The molecule has 0 saturated carbocycles. The molecule has 0 saturated heterocycles. The summed E-state index contributed by atoms with van der Waals surface area (Å²) in [6.07, 6.45) is 1.59. The fraction of sp³-hybridized carbons (Fsp3) is 0.125. The van der Waals surface area contributed by atoms with Crippen LogP contribution in [0.2, 0.25) is 0 Å². The van der Waals surface area contributed by atoms with Gasteiger partial charge in [-0.25, -0.2) is 4.98 Å². The zero-order valence-corrected chi connectivity index (χ0v) is 11.1. The van der Waals surface area contributed by atoms with Gasteiger partial charge < -0.3 is 4.74 Å². The van der Waals surface area contributed by atoms with Crippen molar-refractivity contribution < 1.29 is 4.74 Å². The minimum atomic E-state index is -0.0292. The van der Waals surface area contributed by atoms with Gasteiger partial charge in [0.2, 0.25) is 0 Å². The molecule has 0 fully saturated rings. The van der Waals surface area contributed by atoms with Crippen molar-refractivity contribution in [3.8, 4) is 5.75 Å². The van der Waals surface area contributed by atoms with Crippen LogP contribution in [0.4, 0.5) is 0 Å². The van der Waals surface area contributed by atoms with Gasteiger partial charge in [-0.15, -0.1) is 0 Å². The SMILES string of the molecule is COc1cccc(Cn2cnc3ccccc3c2=O)c1. The predicted molar refractivity (Wildman–Crippen MR) is 78.1 cm³/mol. The number of hydrogen-bond donors (Lipinski definition) is 0. The zero-order chi connectivity index (χ0) is 13.9. The second kappa shape index (κ2) is 5.17. The molecule has 2 aromatic carbocycles. The molecule has 0 unspecified atom stereocenters. The molecule has 0 radical (unpaired) electrons. The van der Waals surface area contributed by atoms with Crippen LogP contribution in [0.1, 0.15) is 5.56 Å². The van der Waals surface area contributed by atoms with Crippen LogP contribution in [0, 0.1) is 0 Å². The summed E-state index contributed by atoms with van der Waals surface area (Å²) in [5, 5.41) is 0.637. The summed E-state index contributed by atoms with van der Waals surface area (Å²) in [4.78, 5) is 16.7. The van der Waals surface area contributed by atoms with Crippen LogP contribution in [0.3, 0.4) is 0 Å². The molecule has 0 aliphatic carbocycles. The van der Waals surface area contributed by atoms with E-state index in [1.165, 1.54) is 0 Å². The van der Waals surface area contributed by atoms with Crippen LogP contribution < -0.4 is 10.3 Å². The zero-order valence-electron chi connectivity index (χ0n) is 11.1. The lowest BCUT2D eigenvalue weighted by molar-refractivity contribution is 0.414. The summed E-state index contributed by atoms with van der Waals surface area (Å²) in [5.74, 6) is 0.782. The predicted octanol–water partition coefficient (Wildman–Crippen LogP) is 2.45. The molecule has 1 heterocycles. The highest BCUT2D eigenvalue weighted by Gasteiger charge is 2.04. The first-order valence-corrected chi connectivity index (χ1v) is 6.35. The van der Waals surface area contributed by atoms with Crippen molar-refractivity contribution in [3.63, 3.8) is 0 Å². The third-order valence-electron chi connectivity index (χ3n) is 3.22. The van der Waals surface area contributed by atoms with Crippen LogP contribution in [-0.2, 0) is 6.54 Å². The number of fused-ring (bicyclic) bond motifs is 1. The van der Waals surface area contributed by atoms with E-state index in [1.54, 1.807) is 24.1 Å². The van der Waals surface area contributed by atoms with Crippen LogP contribution in [-0.4, -0.2) is 16.7 Å². The molecule has 3 rings (SSSR count). The lowest BCUT2D eigenvalue weighted by Crippen LogP contribution is -2.21. The van der Waals surface area contributed by atoms with Crippen molar-refractivity contribution in [3.05, 3.63) is 70.8 Å². The van der Waals surface area contributed by atoms with Crippen molar-refractivity contribution in [2.45, 2.75) is 6.54 Å². The summed E-state index contributed by atoms with van der Waals surface area (Å²) in [5.41, 5.74) is 1.70. The molecule has 1 aromatic heterocycles. The topological polar surface area (TPSA) is 44.1 Å². The Bertz CT molecular complexity index is 809. The fourth-order valence-electron chi connectivity index (χ4n) is 2.19. The van der Waals surface area contributed by atoms with Gasteiger partial charge in [-0.05, 0) is 29.8 Å². The van der Waals surface area contributed by atoms with E-state index in [-0.39, 0.29) is 5.56 Å². The van der Waals surface area contributed by atoms with Gasteiger partial charge in [-0.2, -0.15) is 0 Å². The van der Waals surface area contributed by atoms with E-state index in [0.717, 1.165) is 16.8 Å². The number of hydrogen-bond acceptors (Lipinski definition) is 3. The summed E-state index contributed by atoms with van der Waals surface area (Å²) < 4.78 is 6.80. The number of para-hydroxylation sites is 1. The highest BCUT2D eigenvalue weighted by atomic mass is 16.5. The van der Waals surface area contributed by atoms with E-state index in [1.807, 2.05) is 42.5 Å². The quantitative estimate of drug-likeness (QED) is 0.731. The molecule has 0 aliphatic rings. The minimum absolute atomic E-state index is 0.0292. The molecule has 3 aromatic rings. The Morgan fingerprint density at radius 3 is 2.85 bits per heavy atom. The lowest BCUT2D eigenvalue weighted by atomic mass is 10.2. The van der Waals surface area contributed by atoms with Gasteiger partial charge >= 0.3 is 0 Å². The average molecular weight is 266 g/mol. The molecule has 0 N–H and O–H groups in total. The number of rotatable bonds is 3. The minimum Gasteiger partial charge on any atom is -0.497 e. The summed E-state index contributed by atoms with van der Waals surface area (Å²) in [6, 6.07) is 15.0. The summed E-state index contributed by atoms with van der Waals surface area (Å²) in [6.45, 7) is 0.480. The molecule has 20 heavy (non-hydrogen) atoms. The fourth-order valence-corrected chi connectivity index (χ4v) is 2.19. The summed E-state index contributed by atoms with van der Waals surface area (Å²) >= 11 is 0. The number of ether oxygens (including phenoxy) is 1. The van der Waals surface area contributed by atoms with Crippen LogP contribution in [0.25, 0.3) is 10.9 Å². The van der Waals surface area contributed by atoms with Gasteiger partial charge in [0, 0.05) is 0 Å². The smallest absolute Gasteiger partial charge is 0.261 e. The van der Waals surface area contributed by atoms with Crippen LogP contribution in [0.5, 0.6) is 5.75 Å². The maximum absolute atomic E-state index is 12.4. The van der Waals surface area contributed by atoms with E-state index in [2.05, 4.69) is 4.98 Å². The molecular formula is C16H14N2O2. The average Bonchev–Trinajstić information content (AvgIpc) is 2.50. The molecule has 0 spiro atoms. The first kappa shape index (κ1) is 12.4. The van der Waals surface area contributed by atoms with Gasteiger partial charge in [0.15, 0.2) is 0 Å². The van der Waals surface area contributed by atoms with Gasteiger partial charge in [0.05, 0.1) is 30.9 Å². The molecule has 0 bridgehead atoms.